The summed E-state index contributed by atoms with van der Waals surface area (Å²) >= 11 is 12.4. The van der Waals surface area contributed by atoms with Crippen LogP contribution in [0.4, 0.5) is 11.4 Å². The fourth-order valence-corrected chi connectivity index (χ4v) is 3.08. The Morgan fingerprint density at radius 3 is 1.97 bits per heavy atom. The van der Waals surface area contributed by atoms with Crippen molar-refractivity contribution in [2.45, 2.75) is 13.0 Å². The minimum Gasteiger partial charge on any atom is -0.495 e. The Balaban J connectivity index is 2.44. The topological polar surface area (TPSA) is 99.0 Å². The van der Waals surface area contributed by atoms with Crippen LogP contribution in [0.5, 0.6) is 23.0 Å². The van der Waals surface area contributed by atoms with Crippen molar-refractivity contribution in [1.82, 2.24) is 0 Å². The molecule has 0 fully saturated rings. The molecule has 166 valence electrons. The maximum Gasteiger partial charge on any atom is 0.276 e. The summed E-state index contributed by atoms with van der Waals surface area (Å²) in [7, 11) is 5.67. The first-order chi connectivity index (χ1) is 14.8. The molecule has 0 heterocycles. The van der Waals surface area contributed by atoms with Crippen molar-refractivity contribution in [1.29, 1.82) is 0 Å². The average Bonchev–Trinajstić information content (AvgIpc) is 2.77. The Hall–Kier alpha value is -3.04. The quantitative estimate of drug-likeness (QED) is 0.302. The molecule has 0 bridgehead atoms. The molecular weight excluding hydrogens is 449 g/mol. The molecule has 2 rings (SSSR count). The zero-order chi connectivity index (χ0) is 23.1. The maximum absolute atomic E-state index is 13.0. The lowest BCUT2D eigenvalue weighted by atomic mass is 10.2. The van der Waals surface area contributed by atoms with Gasteiger partial charge in [0.25, 0.3) is 5.91 Å². The van der Waals surface area contributed by atoms with Gasteiger partial charge in [-0.2, -0.15) is 10.2 Å². The van der Waals surface area contributed by atoms with Crippen LogP contribution in [-0.4, -0.2) is 46.2 Å². The molecule has 1 unspecified atom stereocenters. The SMILES string of the molecule is COc1cc(N=NC(C(C)=O)C(=O)N(Cl)c2c(OC)cccc2OC)c(OC)cc1Cl. The highest BCUT2D eigenvalue weighted by Crippen LogP contribution is 2.40. The number of halogens is 2. The number of rotatable bonds is 9. The van der Waals surface area contributed by atoms with Crippen LogP contribution in [0.25, 0.3) is 0 Å². The number of methoxy groups -OCH3 is 4. The van der Waals surface area contributed by atoms with E-state index < -0.39 is 17.7 Å². The zero-order valence-electron chi connectivity index (χ0n) is 17.5. The van der Waals surface area contributed by atoms with Gasteiger partial charge in [-0.15, -0.1) is 0 Å². The molecule has 0 aliphatic heterocycles. The van der Waals surface area contributed by atoms with Gasteiger partial charge in [0.05, 0.1) is 33.5 Å². The van der Waals surface area contributed by atoms with Gasteiger partial charge in [-0.25, -0.2) is 4.42 Å². The normalized spacial score (nSPS) is 11.7. The first-order valence-electron chi connectivity index (χ1n) is 8.82. The second kappa shape index (κ2) is 10.8. The molecule has 0 spiro atoms. The van der Waals surface area contributed by atoms with Crippen LogP contribution >= 0.6 is 23.4 Å². The number of azo groups is 1. The molecule has 0 radical (unpaired) electrons. The number of para-hydroxylation sites is 1. The molecule has 0 aliphatic carbocycles. The molecule has 31 heavy (non-hydrogen) atoms. The van der Waals surface area contributed by atoms with Crippen molar-refractivity contribution in [2.75, 3.05) is 32.9 Å². The van der Waals surface area contributed by atoms with E-state index in [0.717, 1.165) is 4.42 Å². The smallest absolute Gasteiger partial charge is 0.276 e. The first-order valence-corrected chi connectivity index (χ1v) is 9.54. The predicted octanol–water partition coefficient (Wildman–Crippen LogP) is 4.60. The number of Topliss-reactive ketones (excluding diaryl/α,β-unsaturated/α-hetero) is 1. The van der Waals surface area contributed by atoms with Gasteiger partial charge in [0.15, 0.2) is 5.78 Å². The Kier molecular flexibility index (Phi) is 8.47. The molecule has 0 saturated heterocycles. The number of benzene rings is 2. The number of nitrogens with zero attached hydrogens (tertiary/aromatic N) is 3. The third kappa shape index (κ3) is 5.36. The molecule has 11 heteroatoms. The summed E-state index contributed by atoms with van der Waals surface area (Å²) in [5, 5.41) is 8.21. The van der Waals surface area contributed by atoms with Crippen LogP contribution in [0.1, 0.15) is 6.92 Å². The molecule has 0 aromatic heterocycles. The third-order valence-corrected chi connectivity index (χ3v) is 4.78. The van der Waals surface area contributed by atoms with E-state index in [2.05, 4.69) is 10.2 Å². The Morgan fingerprint density at radius 1 is 0.935 bits per heavy atom. The van der Waals surface area contributed by atoms with Gasteiger partial charge in [-0.3, -0.25) is 9.59 Å². The molecule has 2 aromatic rings. The fourth-order valence-electron chi connectivity index (χ4n) is 2.59. The summed E-state index contributed by atoms with van der Waals surface area (Å²) in [4.78, 5) is 25.2. The maximum atomic E-state index is 13.0. The summed E-state index contributed by atoms with van der Waals surface area (Å²) in [5.74, 6) is -0.288. The van der Waals surface area contributed by atoms with E-state index in [9.17, 15) is 9.59 Å². The summed E-state index contributed by atoms with van der Waals surface area (Å²) in [6.07, 6.45) is 0. The van der Waals surface area contributed by atoms with Gasteiger partial charge in [0.1, 0.15) is 34.4 Å². The minimum atomic E-state index is -1.53. The van der Waals surface area contributed by atoms with E-state index in [1.165, 1.54) is 47.5 Å². The molecule has 0 saturated carbocycles. The van der Waals surface area contributed by atoms with E-state index in [0.29, 0.717) is 10.8 Å². The van der Waals surface area contributed by atoms with E-state index in [1.807, 2.05) is 0 Å². The van der Waals surface area contributed by atoms with Crippen molar-refractivity contribution in [3.63, 3.8) is 0 Å². The van der Waals surface area contributed by atoms with Crippen LogP contribution in [-0.2, 0) is 9.59 Å². The standard InChI is InChI=1S/C20H21Cl2N3O6/c1-11(26)18(24-23-13-10-16(30-4)12(21)9-17(13)31-5)20(27)25(22)19-14(28-2)7-6-8-15(19)29-3/h6-10,18H,1-5H3. The fraction of sp³-hybridized carbons (Fsp3) is 0.300. The van der Waals surface area contributed by atoms with Crippen molar-refractivity contribution >= 4 is 46.4 Å². The average molecular weight is 470 g/mol. The van der Waals surface area contributed by atoms with Crippen LogP contribution < -0.4 is 23.4 Å². The molecule has 0 aliphatic rings. The van der Waals surface area contributed by atoms with Gasteiger partial charge >= 0.3 is 0 Å². The lowest BCUT2D eigenvalue weighted by Crippen LogP contribution is -2.36. The predicted molar refractivity (Wildman–Crippen MR) is 116 cm³/mol. The highest BCUT2D eigenvalue weighted by atomic mass is 35.5. The van der Waals surface area contributed by atoms with Gasteiger partial charge in [-0.05, 0) is 19.1 Å². The highest BCUT2D eigenvalue weighted by Gasteiger charge is 2.32. The van der Waals surface area contributed by atoms with Crippen LogP contribution in [0, 0.1) is 0 Å². The summed E-state index contributed by atoms with van der Waals surface area (Å²) < 4.78 is 21.6. The van der Waals surface area contributed by atoms with E-state index in [1.54, 1.807) is 18.2 Å². The number of carbonyl (C=O) groups is 2. The number of anilines is 1. The van der Waals surface area contributed by atoms with Gasteiger partial charge in [0.2, 0.25) is 6.04 Å². The number of ketones is 1. The molecule has 0 N–H and O–H groups in total. The van der Waals surface area contributed by atoms with E-state index >= 15 is 0 Å². The number of ether oxygens (including phenoxy) is 4. The molecule has 2 aromatic carbocycles. The third-order valence-electron chi connectivity index (χ3n) is 4.14. The van der Waals surface area contributed by atoms with Crippen molar-refractivity contribution in [2.24, 2.45) is 10.2 Å². The second-order valence-electron chi connectivity index (χ2n) is 6.02. The molecular formula is C20H21Cl2N3O6. The highest BCUT2D eigenvalue weighted by molar-refractivity contribution is 6.40. The van der Waals surface area contributed by atoms with Gasteiger partial charge in [0, 0.05) is 23.9 Å². The minimum absolute atomic E-state index is 0.131. The lowest BCUT2D eigenvalue weighted by Gasteiger charge is -2.21. The number of hydrogen-bond acceptors (Lipinski definition) is 8. The van der Waals surface area contributed by atoms with Crippen molar-refractivity contribution < 1.29 is 28.5 Å². The molecule has 1 atom stereocenters. The summed E-state index contributed by atoms with van der Waals surface area (Å²) in [5.41, 5.74) is 0.338. The first kappa shape index (κ1) is 24.2. The van der Waals surface area contributed by atoms with Gasteiger partial charge in [-0.1, -0.05) is 17.7 Å². The van der Waals surface area contributed by atoms with Crippen LogP contribution in [0.15, 0.2) is 40.6 Å². The number of hydrogen-bond donors (Lipinski definition) is 0. The van der Waals surface area contributed by atoms with E-state index in [4.69, 9.17) is 42.3 Å². The monoisotopic (exact) mass is 469 g/mol. The Morgan fingerprint density at radius 2 is 1.48 bits per heavy atom. The number of amides is 1. The number of carbonyl (C=O) groups excluding carboxylic acids is 2. The lowest BCUT2D eigenvalue weighted by molar-refractivity contribution is -0.126. The second-order valence-corrected chi connectivity index (χ2v) is 6.76. The van der Waals surface area contributed by atoms with E-state index in [-0.39, 0.29) is 28.6 Å². The summed E-state index contributed by atoms with van der Waals surface area (Å²) in [6, 6.07) is 6.27. The van der Waals surface area contributed by atoms with Crippen LogP contribution in [0.2, 0.25) is 5.02 Å². The van der Waals surface area contributed by atoms with Crippen molar-refractivity contribution in [3.8, 4) is 23.0 Å². The largest absolute Gasteiger partial charge is 0.495 e. The van der Waals surface area contributed by atoms with Crippen LogP contribution in [0.3, 0.4) is 0 Å². The zero-order valence-corrected chi connectivity index (χ0v) is 19.0. The summed E-state index contributed by atoms with van der Waals surface area (Å²) in [6.45, 7) is 1.20. The van der Waals surface area contributed by atoms with Crippen molar-refractivity contribution in [3.05, 3.63) is 35.4 Å². The van der Waals surface area contributed by atoms with Gasteiger partial charge < -0.3 is 18.9 Å². The molecule has 9 nitrogen and oxygen atoms in total. The Labute approximate surface area is 189 Å². The Bertz CT molecular complexity index is 977. The molecule has 1 amide bonds.